The summed E-state index contributed by atoms with van der Waals surface area (Å²) in [6.07, 6.45) is 1.64. The largest absolute Gasteiger partial charge is 0.315 e. The van der Waals surface area contributed by atoms with Gasteiger partial charge in [0.15, 0.2) is 0 Å². The van der Waals surface area contributed by atoms with E-state index in [0.29, 0.717) is 6.54 Å². The number of nitrogens with one attached hydrogen (secondary N) is 2. The van der Waals surface area contributed by atoms with Gasteiger partial charge in [0.05, 0.1) is 9.79 Å². The monoisotopic (exact) mass is 319 g/mol. The number of hydrogen-bond donors (Lipinski definition) is 3. The maximum absolute atomic E-state index is 12.2. The Morgan fingerprint density at radius 2 is 1.90 bits per heavy atom. The Hall–Kier alpha value is -1.00. The third kappa shape index (κ3) is 3.76. The lowest BCUT2D eigenvalue weighted by atomic mass is 10.1. The highest BCUT2D eigenvalue weighted by Gasteiger charge is 2.22. The molecule has 4 N–H and O–H groups in total. The lowest BCUT2D eigenvalue weighted by Gasteiger charge is -2.23. The minimum Gasteiger partial charge on any atom is -0.315 e. The van der Waals surface area contributed by atoms with Crippen molar-refractivity contribution in [1.82, 2.24) is 10.0 Å². The van der Waals surface area contributed by atoms with Crippen molar-refractivity contribution < 1.29 is 16.8 Å². The molecule has 0 amide bonds. The zero-order valence-corrected chi connectivity index (χ0v) is 12.4. The van der Waals surface area contributed by atoms with E-state index >= 15 is 0 Å². The second-order valence-corrected chi connectivity index (χ2v) is 7.96. The van der Waals surface area contributed by atoms with Crippen molar-refractivity contribution in [3.05, 3.63) is 24.3 Å². The number of sulfonamides is 2. The molecule has 0 radical (unpaired) electrons. The minimum atomic E-state index is -3.92. The van der Waals surface area contributed by atoms with E-state index in [9.17, 15) is 16.8 Å². The molecule has 0 aromatic heterocycles. The van der Waals surface area contributed by atoms with Crippen LogP contribution in [-0.4, -0.2) is 36.0 Å². The molecule has 1 atom stereocenters. The fourth-order valence-electron chi connectivity index (χ4n) is 2.06. The topological polar surface area (TPSA) is 118 Å². The van der Waals surface area contributed by atoms with Crippen LogP contribution in [0.2, 0.25) is 0 Å². The molecule has 0 unspecified atom stereocenters. The smallest absolute Gasteiger partial charge is 0.240 e. The number of nitrogens with two attached hydrogens (primary N) is 1. The molecule has 1 aliphatic rings. The molecule has 1 aliphatic heterocycles. The van der Waals surface area contributed by atoms with Gasteiger partial charge in [-0.3, -0.25) is 0 Å². The lowest BCUT2D eigenvalue weighted by molar-refractivity contribution is 0.428. The second-order valence-electron chi connectivity index (χ2n) is 4.68. The Bertz CT molecular complexity index is 679. The molecule has 0 bridgehead atoms. The SMILES string of the molecule is NS(=O)(=O)c1cccc(S(=O)(=O)N[C@H]2CCCNC2)c1. The van der Waals surface area contributed by atoms with Crippen LogP contribution in [0.15, 0.2) is 34.1 Å². The van der Waals surface area contributed by atoms with Gasteiger partial charge in [-0.1, -0.05) is 6.07 Å². The molecule has 0 aliphatic carbocycles. The molecule has 0 spiro atoms. The Balaban J connectivity index is 2.25. The molecule has 1 aromatic carbocycles. The first-order chi connectivity index (χ1) is 9.29. The van der Waals surface area contributed by atoms with Crippen LogP contribution in [0.25, 0.3) is 0 Å². The summed E-state index contributed by atoms with van der Waals surface area (Å²) in [7, 11) is -7.68. The molecule has 1 fully saturated rings. The highest BCUT2D eigenvalue weighted by Crippen LogP contribution is 2.16. The van der Waals surface area contributed by atoms with Crippen molar-refractivity contribution in [3.8, 4) is 0 Å². The standard InChI is InChI=1S/C11H17N3O4S2/c12-19(15,16)10-4-1-5-11(7-10)20(17,18)14-9-3-2-6-13-8-9/h1,4-5,7,9,13-14H,2-3,6,8H2,(H2,12,15,16)/t9-/m0/s1. The quantitative estimate of drug-likeness (QED) is 0.682. The summed E-state index contributed by atoms with van der Waals surface area (Å²) in [5.41, 5.74) is 0. The van der Waals surface area contributed by atoms with E-state index in [4.69, 9.17) is 5.14 Å². The summed E-state index contributed by atoms with van der Waals surface area (Å²) in [4.78, 5) is -0.322. The molecule has 0 saturated carbocycles. The molecule has 2 rings (SSSR count). The minimum absolute atomic E-state index is 0.102. The fraction of sp³-hybridized carbons (Fsp3) is 0.455. The Morgan fingerprint density at radius 1 is 1.20 bits per heavy atom. The van der Waals surface area contributed by atoms with E-state index in [2.05, 4.69) is 10.0 Å². The van der Waals surface area contributed by atoms with Gasteiger partial charge in [-0.05, 0) is 37.6 Å². The zero-order valence-electron chi connectivity index (χ0n) is 10.7. The van der Waals surface area contributed by atoms with E-state index in [1.165, 1.54) is 18.2 Å². The van der Waals surface area contributed by atoms with E-state index in [-0.39, 0.29) is 15.8 Å². The zero-order chi connectivity index (χ0) is 14.8. The third-order valence-electron chi connectivity index (χ3n) is 3.06. The molecule has 1 aromatic rings. The fourth-order valence-corrected chi connectivity index (χ4v) is 4.01. The van der Waals surface area contributed by atoms with Crippen LogP contribution in [0.4, 0.5) is 0 Å². The summed E-state index contributed by atoms with van der Waals surface area (Å²) in [5.74, 6) is 0. The Morgan fingerprint density at radius 3 is 2.50 bits per heavy atom. The van der Waals surface area contributed by atoms with Gasteiger partial charge in [-0.2, -0.15) is 0 Å². The van der Waals surface area contributed by atoms with Gasteiger partial charge < -0.3 is 5.32 Å². The van der Waals surface area contributed by atoms with Gasteiger partial charge in [0.25, 0.3) is 0 Å². The highest BCUT2D eigenvalue weighted by molar-refractivity contribution is 7.90. The maximum Gasteiger partial charge on any atom is 0.240 e. The van der Waals surface area contributed by atoms with Crippen LogP contribution < -0.4 is 15.2 Å². The maximum atomic E-state index is 12.2. The number of piperidine rings is 1. The van der Waals surface area contributed by atoms with Crippen LogP contribution >= 0.6 is 0 Å². The Kier molecular flexibility index (Phi) is 4.45. The third-order valence-corrected chi connectivity index (χ3v) is 5.49. The van der Waals surface area contributed by atoms with Gasteiger partial charge in [0, 0.05) is 12.6 Å². The second kappa shape index (κ2) is 5.78. The number of benzene rings is 1. The lowest BCUT2D eigenvalue weighted by Crippen LogP contribution is -2.45. The summed E-state index contributed by atoms with van der Waals surface area (Å²) in [6, 6.07) is 4.83. The summed E-state index contributed by atoms with van der Waals surface area (Å²) < 4.78 is 49.5. The first kappa shape index (κ1) is 15.4. The van der Waals surface area contributed by atoms with Crippen LogP contribution in [0.1, 0.15) is 12.8 Å². The molecule has 1 heterocycles. The van der Waals surface area contributed by atoms with Crippen LogP contribution in [0.3, 0.4) is 0 Å². The molecule has 1 saturated heterocycles. The average molecular weight is 319 g/mol. The van der Waals surface area contributed by atoms with Crippen LogP contribution in [0.5, 0.6) is 0 Å². The van der Waals surface area contributed by atoms with Gasteiger partial charge >= 0.3 is 0 Å². The van der Waals surface area contributed by atoms with E-state index in [1.807, 2.05) is 0 Å². The summed E-state index contributed by atoms with van der Waals surface area (Å²) in [6.45, 7) is 1.44. The van der Waals surface area contributed by atoms with Gasteiger partial charge in [-0.25, -0.2) is 26.7 Å². The van der Waals surface area contributed by atoms with Crippen LogP contribution in [-0.2, 0) is 20.0 Å². The van der Waals surface area contributed by atoms with Gasteiger partial charge in [-0.15, -0.1) is 0 Å². The van der Waals surface area contributed by atoms with Gasteiger partial charge in [0.1, 0.15) is 0 Å². The predicted molar refractivity (Wildman–Crippen MR) is 74.0 cm³/mol. The Labute approximate surface area is 118 Å². The molecule has 9 heteroatoms. The van der Waals surface area contributed by atoms with Crippen molar-refractivity contribution in [3.63, 3.8) is 0 Å². The molecule has 112 valence electrons. The van der Waals surface area contributed by atoms with Crippen molar-refractivity contribution in [2.45, 2.75) is 28.7 Å². The molecular formula is C11H17N3O4S2. The van der Waals surface area contributed by atoms with Crippen molar-refractivity contribution in [2.24, 2.45) is 5.14 Å². The molecule has 7 nitrogen and oxygen atoms in total. The number of primary sulfonamides is 1. The number of hydrogen-bond acceptors (Lipinski definition) is 5. The average Bonchev–Trinajstić information content (AvgIpc) is 2.38. The first-order valence-electron chi connectivity index (χ1n) is 6.15. The van der Waals surface area contributed by atoms with Gasteiger partial charge in [0.2, 0.25) is 20.0 Å². The first-order valence-corrected chi connectivity index (χ1v) is 9.18. The van der Waals surface area contributed by atoms with Crippen molar-refractivity contribution >= 4 is 20.0 Å². The van der Waals surface area contributed by atoms with Crippen molar-refractivity contribution in [2.75, 3.05) is 13.1 Å². The predicted octanol–water partition coefficient (Wildman–Crippen LogP) is -0.636. The van der Waals surface area contributed by atoms with Crippen LogP contribution in [0, 0.1) is 0 Å². The summed E-state index contributed by atoms with van der Waals surface area (Å²) in [5, 5.41) is 8.10. The normalized spacial score (nSPS) is 20.8. The summed E-state index contributed by atoms with van der Waals surface area (Å²) >= 11 is 0. The van der Waals surface area contributed by atoms with Crippen molar-refractivity contribution in [1.29, 1.82) is 0 Å². The number of rotatable bonds is 4. The van der Waals surface area contributed by atoms with E-state index < -0.39 is 20.0 Å². The highest BCUT2D eigenvalue weighted by atomic mass is 32.2. The molecule has 20 heavy (non-hydrogen) atoms. The molecular weight excluding hydrogens is 302 g/mol. The van der Waals surface area contributed by atoms with E-state index in [0.717, 1.165) is 25.5 Å². The van der Waals surface area contributed by atoms with E-state index in [1.54, 1.807) is 0 Å².